The molecule has 0 saturated carbocycles. The van der Waals surface area contributed by atoms with E-state index in [1.165, 1.54) is 51.4 Å². The Morgan fingerprint density at radius 1 is 0.821 bits per heavy atom. The molecule has 0 heterocycles. The number of rotatable bonds is 18. The molecule has 0 N–H and O–H groups in total. The van der Waals surface area contributed by atoms with E-state index in [0.717, 1.165) is 12.8 Å². The SMILES string of the molecule is CCCCC(CCl)(CC=[CH][Sn]([CH2]CCC)([CH2]CCC)[CH2]CCC)O[Si](C)(C)C. The summed E-state index contributed by atoms with van der Waals surface area (Å²) in [6.07, 6.45) is 15.4. The molecule has 4 heteroatoms. The fraction of sp³-hybridized carbons (Fsp3) is 0.917. The first-order valence-electron chi connectivity index (χ1n) is 12.2. The van der Waals surface area contributed by atoms with Gasteiger partial charge < -0.3 is 0 Å². The van der Waals surface area contributed by atoms with Crippen molar-refractivity contribution in [2.45, 2.75) is 130 Å². The van der Waals surface area contributed by atoms with Gasteiger partial charge in [0.15, 0.2) is 0 Å². The normalized spacial score (nSPS) is 15.3. The van der Waals surface area contributed by atoms with Crippen molar-refractivity contribution in [1.29, 1.82) is 0 Å². The van der Waals surface area contributed by atoms with Crippen molar-refractivity contribution in [3.8, 4) is 0 Å². The second-order valence-electron chi connectivity index (χ2n) is 9.91. The molecule has 0 aliphatic heterocycles. The average Bonchev–Trinajstić information content (AvgIpc) is 2.65. The Labute approximate surface area is 188 Å². The third-order valence-corrected chi connectivity index (χ3v) is 21.6. The Morgan fingerprint density at radius 3 is 1.64 bits per heavy atom. The summed E-state index contributed by atoms with van der Waals surface area (Å²) < 4.78 is 14.1. The third kappa shape index (κ3) is 12.6. The first kappa shape index (κ1) is 29.0. The van der Waals surface area contributed by atoms with E-state index in [-0.39, 0.29) is 5.60 Å². The van der Waals surface area contributed by atoms with E-state index >= 15 is 0 Å². The zero-order chi connectivity index (χ0) is 21.5. The van der Waals surface area contributed by atoms with Crippen molar-refractivity contribution in [3.05, 3.63) is 10.2 Å². The molecule has 0 radical (unpaired) electrons. The van der Waals surface area contributed by atoms with E-state index in [9.17, 15) is 0 Å². The van der Waals surface area contributed by atoms with Crippen molar-refractivity contribution < 1.29 is 4.43 Å². The predicted molar refractivity (Wildman–Crippen MR) is 136 cm³/mol. The molecule has 0 amide bonds. The van der Waals surface area contributed by atoms with E-state index < -0.39 is 26.7 Å². The summed E-state index contributed by atoms with van der Waals surface area (Å²) in [4.78, 5) is 0. The van der Waals surface area contributed by atoms with Crippen LogP contribution in [0.1, 0.15) is 91.9 Å². The first-order chi connectivity index (χ1) is 13.2. The van der Waals surface area contributed by atoms with E-state index in [1.807, 2.05) is 0 Å². The topological polar surface area (TPSA) is 9.23 Å². The van der Waals surface area contributed by atoms with Crippen molar-refractivity contribution in [2.24, 2.45) is 0 Å². The van der Waals surface area contributed by atoms with Gasteiger partial charge >= 0.3 is 189 Å². The van der Waals surface area contributed by atoms with Gasteiger partial charge in [-0.2, -0.15) is 0 Å². The van der Waals surface area contributed by atoms with Crippen LogP contribution in [-0.2, 0) is 4.43 Å². The number of halogens is 1. The fourth-order valence-corrected chi connectivity index (χ4v) is 20.6. The molecule has 1 nitrogen and oxygen atoms in total. The minimum atomic E-state index is -2.20. The summed E-state index contributed by atoms with van der Waals surface area (Å²) in [5.74, 6) is 0.628. The summed E-state index contributed by atoms with van der Waals surface area (Å²) >= 11 is 4.34. The number of unbranched alkanes of at least 4 members (excludes halogenated alkanes) is 4. The number of hydrogen-bond acceptors (Lipinski definition) is 1. The predicted octanol–water partition coefficient (Wildman–Crippen LogP) is 9.34. The van der Waals surface area contributed by atoms with E-state index in [4.69, 9.17) is 16.0 Å². The van der Waals surface area contributed by atoms with Crippen molar-refractivity contribution in [3.63, 3.8) is 0 Å². The van der Waals surface area contributed by atoms with Gasteiger partial charge in [0, 0.05) is 0 Å². The molecule has 0 fully saturated rings. The fourth-order valence-electron chi connectivity index (χ4n) is 4.23. The van der Waals surface area contributed by atoms with Gasteiger partial charge in [-0.1, -0.05) is 0 Å². The number of hydrogen-bond donors (Lipinski definition) is 0. The van der Waals surface area contributed by atoms with Crippen molar-refractivity contribution >= 4 is 38.3 Å². The zero-order valence-corrected chi connectivity index (χ0v) is 25.0. The van der Waals surface area contributed by atoms with Gasteiger partial charge in [0.1, 0.15) is 0 Å². The molecule has 1 atom stereocenters. The summed E-state index contributed by atoms with van der Waals surface area (Å²) in [6, 6.07) is 0. The summed E-state index contributed by atoms with van der Waals surface area (Å²) in [7, 11) is -1.62. The molecular formula is C24H51ClOSiSn. The monoisotopic (exact) mass is 538 g/mol. The Kier molecular flexibility index (Phi) is 16.3. The Balaban J connectivity index is 5.49. The standard InChI is InChI=1S/C12H24ClOSi.3C4H9.Sn/c1-6-8-10-12(11-13,9-7-2)14-15(3,4)5;3*1-3-4-2;/h2,7H,6,8-11H2,1,3-5H3;3*1,3-4H2,2H3;. The first-order valence-corrected chi connectivity index (χ1v) is 23.8. The Morgan fingerprint density at radius 2 is 1.29 bits per heavy atom. The van der Waals surface area contributed by atoms with Crippen LogP contribution in [0.4, 0.5) is 0 Å². The molecule has 0 aliphatic carbocycles. The average molecular weight is 538 g/mol. The molecule has 0 saturated heterocycles. The molecule has 0 spiro atoms. The van der Waals surface area contributed by atoms with Crippen LogP contribution in [0.3, 0.4) is 0 Å². The van der Waals surface area contributed by atoms with Crippen LogP contribution in [0.5, 0.6) is 0 Å². The third-order valence-electron chi connectivity index (χ3n) is 5.80. The van der Waals surface area contributed by atoms with Crippen LogP contribution in [0.25, 0.3) is 0 Å². The molecule has 28 heavy (non-hydrogen) atoms. The van der Waals surface area contributed by atoms with Crippen LogP contribution < -0.4 is 0 Å². The molecule has 1 unspecified atom stereocenters. The summed E-state index contributed by atoms with van der Waals surface area (Å²) in [6.45, 7) is 16.2. The molecule has 0 aliphatic rings. The van der Waals surface area contributed by atoms with Crippen molar-refractivity contribution in [2.75, 3.05) is 5.88 Å². The maximum absolute atomic E-state index is 6.71. The minimum absolute atomic E-state index is 0.142. The second-order valence-corrected chi connectivity index (χ2v) is 27.6. The van der Waals surface area contributed by atoms with Gasteiger partial charge in [-0.25, -0.2) is 0 Å². The molecule has 0 rings (SSSR count). The Bertz CT molecular complexity index is 386. The second kappa shape index (κ2) is 15.8. The van der Waals surface area contributed by atoms with E-state index in [2.05, 4.69) is 57.5 Å². The van der Waals surface area contributed by atoms with Crippen LogP contribution >= 0.6 is 11.6 Å². The van der Waals surface area contributed by atoms with Gasteiger partial charge in [-0.15, -0.1) is 0 Å². The van der Waals surface area contributed by atoms with E-state index in [1.54, 1.807) is 13.3 Å². The van der Waals surface area contributed by atoms with Gasteiger partial charge in [0.05, 0.1) is 0 Å². The molecule has 168 valence electrons. The van der Waals surface area contributed by atoms with E-state index in [0.29, 0.717) is 5.88 Å². The van der Waals surface area contributed by atoms with Crippen LogP contribution in [0, 0.1) is 0 Å². The van der Waals surface area contributed by atoms with Crippen LogP contribution in [0.2, 0.25) is 33.0 Å². The molecule has 0 aromatic heterocycles. The molecule has 0 bridgehead atoms. The van der Waals surface area contributed by atoms with Crippen molar-refractivity contribution in [1.82, 2.24) is 0 Å². The van der Waals surface area contributed by atoms with Gasteiger partial charge in [-0.05, 0) is 0 Å². The summed E-state index contributed by atoms with van der Waals surface area (Å²) in [5, 5.41) is 0. The quantitative estimate of drug-likeness (QED) is 0.125. The van der Waals surface area contributed by atoms with Gasteiger partial charge in [0.2, 0.25) is 0 Å². The molecule has 0 aromatic carbocycles. The maximum atomic E-state index is 6.71. The zero-order valence-electron chi connectivity index (χ0n) is 20.3. The van der Waals surface area contributed by atoms with Crippen LogP contribution in [-0.4, -0.2) is 38.2 Å². The van der Waals surface area contributed by atoms with Crippen LogP contribution in [0.15, 0.2) is 10.2 Å². The molecular weight excluding hydrogens is 487 g/mol. The van der Waals surface area contributed by atoms with Gasteiger partial charge in [0.25, 0.3) is 0 Å². The Hall–Kier alpha value is 1.01. The van der Waals surface area contributed by atoms with Gasteiger partial charge in [-0.3, -0.25) is 0 Å². The summed E-state index contributed by atoms with van der Waals surface area (Å²) in [5.41, 5.74) is -0.142. The molecule has 0 aromatic rings. The number of alkyl halides is 1.